The zero-order valence-corrected chi connectivity index (χ0v) is 27.1. The molecule has 0 radical (unpaired) electrons. The highest BCUT2D eigenvalue weighted by Crippen LogP contribution is 2.44. The molecule has 3 aromatic rings. The fraction of sp³-hybridized carbons (Fsp3) is 0.389. The van der Waals surface area contributed by atoms with Gasteiger partial charge in [0.2, 0.25) is 5.91 Å². The van der Waals surface area contributed by atoms with Crippen LogP contribution in [0, 0.1) is 0 Å². The van der Waals surface area contributed by atoms with Gasteiger partial charge < -0.3 is 30.0 Å². The van der Waals surface area contributed by atoms with E-state index >= 15 is 0 Å². The van der Waals surface area contributed by atoms with Crippen LogP contribution >= 0.6 is 0 Å². The van der Waals surface area contributed by atoms with Gasteiger partial charge in [-0.3, -0.25) is 9.59 Å². The average Bonchev–Trinajstić information content (AvgIpc) is 3.28. The van der Waals surface area contributed by atoms with Crippen molar-refractivity contribution < 1.29 is 38.5 Å². The summed E-state index contributed by atoms with van der Waals surface area (Å²) in [5.74, 6) is -2.47. The van der Waals surface area contributed by atoms with Crippen LogP contribution in [0.2, 0.25) is 0 Å². The number of carbonyl (C=O) groups is 4. The van der Waals surface area contributed by atoms with Gasteiger partial charge in [-0.05, 0) is 81.5 Å². The van der Waals surface area contributed by atoms with Crippen LogP contribution in [-0.4, -0.2) is 58.9 Å². The lowest BCUT2D eigenvalue weighted by Gasteiger charge is -2.24. The van der Waals surface area contributed by atoms with E-state index < -0.39 is 53.6 Å². The first-order valence-corrected chi connectivity index (χ1v) is 15.2. The van der Waals surface area contributed by atoms with Crippen LogP contribution in [0.5, 0.6) is 5.75 Å². The van der Waals surface area contributed by atoms with Gasteiger partial charge in [-0.2, -0.15) is 0 Å². The zero-order valence-electron chi connectivity index (χ0n) is 27.1. The lowest BCUT2D eigenvalue weighted by molar-refractivity contribution is -0.156. The number of fused-ring (bicyclic) bond motifs is 3. The van der Waals surface area contributed by atoms with Crippen molar-refractivity contribution >= 4 is 23.9 Å². The Morgan fingerprint density at radius 1 is 0.761 bits per heavy atom. The molecule has 0 bridgehead atoms. The summed E-state index contributed by atoms with van der Waals surface area (Å²) in [6.45, 7) is 10.8. The molecule has 244 valence electrons. The molecule has 3 N–H and O–H groups in total. The average molecular weight is 631 g/mol. The van der Waals surface area contributed by atoms with Crippen molar-refractivity contribution in [2.24, 2.45) is 0 Å². The smallest absolute Gasteiger partial charge is 0.407 e. The summed E-state index contributed by atoms with van der Waals surface area (Å²) in [5, 5.41) is 14.8. The number of alkyl carbamates (subject to hydrolysis) is 1. The van der Waals surface area contributed by atoms with Crippen LogP contribution in [0.1, 0.15) is 70.6 Å². The van der Waals surface area contributed by atoms with Gasteiger partial charge >= 0.3 is 18.0 Å². The second-order valence-corrected chi connectivity index (χ2v) is 13.3. The first-order chi connectivity index (χ1) is 21.6. The highest BCUT2D eigenvalue weighted by atomic mass is 16.6. The van der Waals surface area contributed by atoms with Crippen molar-refractivity contribution in [2.75, 3.05) is 6.61 Å². The minimum atomic E-state index is -1.45. The van der Waals surface area contributed by atoms with Gasteiger partial charge in [-0.1, -0.05) is 60.7 Å². The molecule has 2 atom stereocenters. The number of aliphatic carboxylic acids is 1. The molecule has 0 aliphatic heterocycles. The molecule has 10 heteroatoms. The minimum absolute atomic E-state index is 0.00664. The largest absolute Gasteiger partial charge is 0.488 e. The number of benzene rings is 3. The van der Waals surface area contributed by atoms with Gasteiger partial charge in [-0.15, -0.1) is 0 Å². The predicted octanol–water partition coefficient (Wildman–Crippen LogP) is 5.61. The summed E-state index contributed by atoms with van der Waals surface area (Å²) in [6, 6.07) is 19.8. The maximum Gasteiger partial charge on any atom is 0.407 e. The SMILES string of the molecule is CC(C)(C)OC(=O)C[C@H](NC(=O)OCC1c2ccccc2-c2ccccc21)C(=O)N[C@@H](Cc1ccc(OC(C)(C)C)cc1)C(=O)O. The fourth-order valence-corrected chi connectivity index (χ4v) is 5.30. The van der Waals surface area contributed by atoms with E-state index in [2.05, 4.69) is 10.6 Å². The van der Waals surface area contributed by atoms with Crippen molar-refractivity contribution in [1.82, 2.24) is 10.6 Å². The molecule has 0 saturated carbocycles. The normalized spacial score (nSPS) is 13.9. The quantitative estimate of drug-likeness (QED) is 0.232. The third kappa shape index (κ3) is 9.32. The number of hydrogen-bond acceptors (Lipinski definition) is 7. The van der Waals surface area contributed by atoms with Crippen LogP contribution < -0.4 is 15.4 Å². The van der Waals surface area contributed by atoms with Crippen LogP contribution in [0.25, 0.3) is 11.1 Å². The first-order valence-electron chi connectivity index (χ1n) is 15.2. The topological polar surface area (TPSA) is 140 Å². The second-order valence-electron chi connectivity index (χ2n) is 13.3. The van der Waals surface area contributed by atoms with E-state index in [1.54, 1.807) is 45.0 Å². The Labute approximate surface area is 269 Å². The summed E-state index contributed by atoms with van der Waals surface area (Å²) < 4.78 is 16.8. The van der Waals surface area contributed by atoms with E-state index in [0.717, 1.165) is 22.3 Å². The van der Waals surface area contributed by atoms with Crippen molar-refractivity contribution in [2.45, 2.75) is 83.6 Å². The molecule has 1 aliphatic carbocycles. The molecule has 0 fully saturated rings. The van der Waals surface area contributed by atoms with Gasteiger partial charge in [0, 0.05) is 12.3 Å². The number of rotatable bonds is 11. The van der Waals surface area contributed by atoms with E-state index in [4.69, 9.17) is 14.2 Å². The number of carboxylic acid groups (broad SMARTS) is 1. The zero-order chi connectivity index (χ0) is 33.6. The Hall–Kier alpha value is -4.86. The Balaban J connectivity index is 1.45. The number of ether oxygens (including phenoxy) is 3. The highest BCUT2D eigenvalue weighted by Gasteiger charge is 2.33. The van der Waals surface area contributed by atoms with Gasteiger partial charge in [0.1, 0.15) is 35.6 Å². The Morgan fingerprint density at radius 2 is 1.33 bits per heavy atom. The number of amides is 2. The minimum Gasteiger partial charge on any atom is -0.488 e. The van der Waals surface area contributed by atoms with Crippen LogP contribution in [-0.2, 0) is 30.3 Å². The summed E-state index contributed by atoms with van der Waals surface area (Å²) in [4.78, 5) is 51.3. The first kappa shape index (κ1) is 34.0. The number of esters is 1. The third-order valence-corrected chi connectivity index (χ3v) is 7.14. The molecule has 4 rings (SSSR count). The van der Waals surface area contributed by atoms with Gasteiger partial charge in [0.15, 0.2) is 0 Å². The molecular formula is C36H42N2O8. The van der Waals surface area contributed by atoms with E-state index in [0.29, 0.717) is 11.3 Å². The summed E-state index contributed by atoms with van der Waals surface area (Å²) in [7, 11) is 0. The number of nitrogens with one attached hydrogen (secondary N) is 2. The maximum absolute atomic E-state index is 13.4. The molecule has 10 nitrogen and oxygen atoms in total. The van der Waals surface area contributed by atoms with Crippen molar-refractivity contribution in [1.29, 1.82) is 0 Å². The van der Waals surface area contributed by atoms with Crippen molar-refractivity contribution in [3.63, 3.8) is 0 Å². The lowest BCUT2D eigenvalue weighted by Crippen LogP contribution is -2.53. The molecule has 0 heterocycles. The van der Waals surface area contributed by atoms with E-state index in [-0.39, 0.29) is 18.9 Å². The Kier molecular flexibility index (Phi) is 10.4. The van der Waals surface area contributed by atoms with Crippen molar-refractivity contribution in [3.05, 3.63) is 89.5 Å². The third-order valence-electron chi connectivity index (χ3n) is 7.14. The molecule has 0 spiro atoms. The highest BCUT2D eigenvalue weighted by molar-refractivity contribution is 5.92. The monoisotopic (exact) mass is 630 g/mol. The predicted molar refractivity (Wildman–Crippen MR) is 173 cm³/mol. The number of carbonyl (C=O) groups excluding carboxylic acids is 3. The Bertz CT molecular complexity index is 1520. The second kappa shape index (κ2) is 14.1. The van der Waals surface area contributed by atoms with Gasteiger partial charge in [-0.25, -0.2) is 9.59 Å². The molecule has 1 aliphatic rings. The summed E-state index contributed by atoms with van der Waals surface area (Å²) in [6.07, 6.45) is -1.49. The van der Waals surface area contributed by atoms with Crippen LogP contribution in [0.4, 0.5) is 4.79 Å². The van der Waals surface area contributed by atoms with E-state index in [1.807, 2.05) is 69.3 Å². The van der Waals surface area contributed by atoms with E-state index in [9.17, 15) is 24.3 Å². The summed E-state index contributed by atoms with van der Waals surface area (Å²) >= 11 is 0. The molecule has 46 heavy (non-hydrogen) atoms. The Morgan fingerprint density at radius 3 is 1.85 bits per heavy atom. The van der Waals surface area contributed by atoms with Crippen molar-refractivity contribution in [3.8, 4) is 16.9 Å². The van der Waals surface area contributed by atoms with Crippen LogP contribution in [0.15, 0.2) is 72.8 Å². The number of carboxylic acids is 1. The maximum atomic E-state index is 13.4. The number of hydrogen-bond donors (Lipinski definition) is 3. The molecule has 0 unspecified atom stereocenters. The van der Waals surface area contributed by atoms with E-state index in [1.165, 1.54) is 0 Å². The molecule has 0 saturated heterocycles. The van der Waals surface area contributed by atoms with Gasteiger partial charge in [0.25, 0.3) is 0 Å². The molecular weight excluding hydrogens is 588 g/mol. The standard InChI is InChI=1S/C36H42N2O8/c1-35(2,3)45-23-17-15-22(16-18-23)19-30(33(41)42)37-32(40)29(20-31(39)46-36(4,5)6)38-34(43)44-21-28-26-13-9-7-11-24(26)25-12-8-10-14-27(25)28/h7-18,28-30H,19-21H2,1-6H3,(H,37,40)(H,38,43)(H,41,42)/t29-,30-/m0/s1. The fourth-order valence-electron chi connectivity index (χ4n) is 5.30. The molecule has 0 aromatic heterocycles. The molecule has 2 amide bonds. The summed E-state index contributed by atoms with van der Waals surface area (Å²) in [5.41, 5.74) is 3.55. The van der Waals surface area contributed by atoms with Crippen LogP contribution in [0.3, 0.4) is 0 Å². The van der Waals surface area contributed by atoms with Gasteiger partial charge in [0.05, 0.1) is 6.42 Å². The molecule has 3 aromatic carbocycles. The lowest BCUT2D eigenvalue weighted by atomic mass is 9.98.